The van der Waals surface area contributed by atoms with E-state index in [1.54, 1.807) is 11.8 Å². The summed E-state index contributed by atoms with van der Waals surface area (Å²) in [6, 6.07) is 0. The minimum Gasteiger partial charge on any atom is -0.236 e. The Bertz CT molecular complexity index is 26.7. The van der Waals surface area contributed by atoms with Gasteiger partial charge >= 0.3 is 0 Å². The number of thioether (sulfide) groups is 1. The van der Waals surface area contributed by atoms with Crippen LogP contribution in [-0.4, -0.2) is 18.1 Å². The number of hydrogen-bond donors (Lipinski definition) is 0. The highest BCUT2D eigenvalue weighted by Gasteiger charge is 1.92. The van der Waals surface area contributed by atoms with Crippen molar-refractivity contribution in [3.63, 3.8) is 0 Å². The molecular weight excluding hydrogens is 96.1 g/mol. The van der Waals surface area contributed by atoms with Crippen LogP contribution in [0.2, 0.25) is 0 Å². The van der Waals surface area contributed by atoms with Gasteiger partial charge in [-0.05, 0) is 6.26 Å². The molecule has 37 valence electrons. The van der Waals surface area contributed by atoms with E-state index in [0.29, 0.717) is 5.25 Å². The molecule has 0 rings (SSSR count). The van der Waals surface area contributed by atoms with Crippen LogP contribution in [0.25, 0.3) is 0 Å². The summed E-state index contributed by atoms with van der Waals surface area (Å²) < 4.78 is 0. The molecular formula is C4H9OS. The van der Waals surface area contributed by atoms with Gasteiger partial charge in [-0.15, -0.1) is 0 Å². The molecule has 0 aliphatic rings. The molecule has 1 unspecified atom stereocenters. The van der Waals surface area contributed by atoms with Crippen LogP contribution in [-0.2, 0) is 5.11 Å². The Balaban J connectivity index is 2.75. The van der Waals surface area contributed by atoms with Crippen LogP contribution in [0.3, 0.4) is 0 Å². The Hall–Kier alpha value is 0.310. The molecule has 0 saturated heterocycles. The zero-order valence-corrected chi connectivity index (χ0v) is 4.92. The van der Waals surface area contributed by atoms with Gasteiger partial charge in [0.15, 0.2) is 0 Å². The van der Waals surface area contributed by atoms with Crippen LogP contribution >= 0.6 is 11.8 Å². The standard InChI is InChI=1S/C4H9OS/c1-4(3-5)6-2/h4H,3H2,1-2H3. The molecule has 0 aromatic rings. The lowest BCUT2D eigenvalue weighted by molar-refractivity contribution is 0.198. The average molecular weight is 105 g/mol. The van der Waals surface area contributed by atoms with E-state index >= 15 is 0 Å². The number of hydrogen-bond acceptors (Lipinski definition) is 1. The molecule has 0 aromatic heterocycles. The van der Waals surface area contributed by atoms with Gasteiger partial charge in [0.25, 0.3) is 0 Å². The Morgan fingerprint density at radius 1 is 1.83 bits per heavy atom. The first-order valence-electron chi connectivity index (χ1n) is 1.92. The minimum atomic E-state index is 0.0428. The van der Waals surface area contributed by atoms with E-state index in [-0.39, 0.29) is 6.61 Å². The summed E-state index contributed by atoms with van der Waals surface area (Å²) >= 11 is 1.61. The Kier molecular flexibility index (Phi) is 3.68. The number of rotatable bonds is 2. The normalized spacial score (nSPS) is 14.5. The molecule has 0 aliphatic carbocycles. The summed E-state index contributed by atoms with van der Waals surface area (Å²) in [5.41, 5.74) is 0. The van der Waals surface area contributed by atoms with Crippen molar-refractivity contribution in [2.24, 2.45) is 0 Å². The van der Waals surface area contributed by atoms with Gasteiger partial charge in [-0.2, -0.15) is 11.8 Å². The van der Waals surface area contributed by atoms with E-state index in [9.17, 15) is 5.11 Å². The molecule has 0 spiro atoms. The molecule has 2 heteroatoms. The van der Waals surface area contributed by atoms with Crippen LogP contribution in [0.15, 0.2) is 0 Å². The maximum Gasteiger partial charge on any atom is 0.0938 e. The first-order chi connectivity index (χ1) is 2.81. The monoisotopic (exact) mass is 105 g/mol. The minimum absolute atomic E-state index is 0.0428. The molecule has 1 atom stereocenters. The topological polar surface area (TPSA) is 19.9 Å². The smallest absolute Gasteiger partial charge is 0.0938 e. The Morgan fingerprint density at radius 2 is 2.33 bits per heavy atom. The van der Waals surface area contributed by atoms with E-state index in [1.165, 1.54) is 0 Å². The van der Waals surface area contributed by atoms with E-state index in [4.69, 9.17) is 0 Å². The summed E-state index contributed by atoms with van der Waals surface area (Å²) in [6.45, 7) is 1.97. The quantitative estimate of drug-likeness (QED) is 0.516. The fourth-order valence-electron chi connectivity index (χ4n) is 0.0680. The zero-order valence-electron chi connectivity index (χ0n) is 4.10. The summed E-state index contributed by atoms with van der Waals surface area (Å²) in [6.07, 6.45) is 1.95. The molecule has 1 nitrogen and oxygen atoms in total. The van der Waals surface area contributed by atoms with Crippen molar-refractivity contribution < 1.29 is 5.11 Å². The van der Waals surface area contributed by atoms with Crippen LogP contribution in [0, 0.1) is 0 Å². The molecule has 0 fully saturated rings. The van der Waals surface area contributed by atoms with Gasteiger partial charge in [0.1, 0.15) is 0 Å². The third-order valence-corrected chi connectivity index (χ3v) is 1.58. The average Bonchev–Trinajstić information content (AvgIpc) is 1.65. The molecule has 0 aliphatic heterocycles. The van der Waals surface area contributed by atoms with Gasteiger partial charge in [0.2, 0.25) is 0 Å². The van der Waals surface area contributed by atoms with Crippen molar-refractivity contribution in [1.82, 2.24) is 0 Å². The lowest BCUT2D eigenvalue weighted by atomic mass is 10.5. The van der Waals surface area contributed by atoms with Crippen molar-refractivity contribution >= 4 is 11.8 Å². The first kappa shape index (κ1) is 6.31. The Labute approximate surface area is 42.8 Å². The second kappa shape index (κ2) is 3.50. The van der Waals surface area contributed by atoms with Crippen LogP contribution < -0.4 is 0 Å². The maximum absolute atomic E-state index is 9.84. The Morgan fingerprint density at radius 3 is 2.33 bits per heavy atom. The third-order valence-electron chi connectivity index (χ3n) is 0.637. The van der Waals surface area contributed by atoms with E-state index in [2.05, 4.69) is 0 Å². The predicted molar refractivity (Wildman–Crippen MR) is 28.5 cm³/mol. The summed E-state index contributed by atoms with van der Waals surface area (Å²) in [5.74, 6) is 0. The van der Waals surface area contributed by atoms with Crippen LogP contribution in [0.4, 0.5) is 0 Å². The lowest BCUT2D eigenvalue weighted by Crippen LogP contribution is -1.97. The molecule has 0 aromatic carbocycles. The summed E-state index contributed by atoms with van der Waals surface area (Å²) in [5, 5.41) is 10.1. The molecule has 1 radical (unpaired) electrons. The molecule has 6 heavy (non-hydrogen) atoms. The van der Waals surface area contributed by atoms with Gasteiger partial charge in [-0.25, -0.2) is 5.11 Å². The maximum atomic E-state index is 9.84. The first-order valence-corrected chi connectivity index (χ1v) is 3.21. The van der Waals surface area contributed by atoms with Crippen molar-refractivity contribution in [3.05, 3.63) is 0 Å². The zero-order chi connectivity index (χ0) is 4.99. The molecule has 0 N–H and O–H groups in total. The SMILES string of the molecule is CSC(C)C[O]. The fraction of sp³-hybridized carbons (Fsp3) is 1.00. The van der Waals surface area contributed by atoms with Gasteiger partial charge in [0, 0.05) is 5.25 Å². The second-order valence-electron chi connectivity index (χ2n) is 1.21. The highest BCUT2D eigenvalue weighted by Crippen LogP contribution is 2.01. The van der Waals surface area contributed by atoms with Crippen molar-refractivity contribution in [2.75, 3.05) is 12.9 Å². The van der Waals surface area contributed by atoms with Crippen molar-refractivity contribution in [1.29, 1.82) is 0 Å². The van der Waals surface area contributed by atoms with Gasteiger partial charge in [0.05, 0.1) is 6.61 Å². The van der Waals surface area contributed by atoms with Gasteiger partial charge in [-0.3, -0.25) is 0 Å². The van der Waals surface area contributed by atoms with E-state index in [0.717, 1.165) is 0 Å². The molecule has 0 heterocycles. The van der Waals surface area contributed by atoms with Crippen molar-refractivity contribution in [3.8, 4) is 0 Å². The van der Waals surface area contributed by atoms with E-state index < -0.39 is 0 Å². The highest BCUT2D eigenvalue weighted by molar-refractivity contribution is 7.99. The largest absolute Gasteiger partial charge is 0.236 e. The predicted octanol–water partition coefficient (Wildman–Crippen LogP) is 1.17. The van der Waals surface area contributed by atoms with Crippen molar-refractivity contribution in [2.45, 2.75) is 12.2 Å². The second-order valence-corrected chi connectivity index (χ2v) is 2.49. The third kappa shape index (κ3) is 2.54. The fourth-order valence-corrected chi connectivity index (χ4v) is 0.204. The molecule has 0 bridgehead atoms. The molecule has 0 amide bonds. The van der Waals surface area contributed by atoms with Gasteiger partial charge in [-0.1, -0.05) is 6.92 Å². The lowest BCUT2D eigenvalue weighted by Gasteiger charge is -1.96. The van der Waals surface area contributed by atoms with E-state index in [1.807, 2.05) is 13.2 Å². The highest BCUT2D eigenvalue weighted by atomic mass is 32.2. The van der Waals surface area contributed by atoms with Gasteiger partial charge < -0.3 is 0 Å². The van der Waals surface area contributed by atoms with Crippen LogP contribution in [0.1, 0.15) is 6.92 Å². The van der Waals surface area contributed by atoms with Crippen LogP contribution in [0.5, 0.6) is 0 Å². The summed E-state index contributed by atoms with van der Waals surface area (Å²) in [7, 11) is 0. The summed E-state index contributed by atoms with van der Waals surface area (Å²) in [4.78, 5) is 0. The molecule has 0 saturated carbocycles.